The first kappa shape index (κ1) is 14.7. The summed E-state index contributed by atoms with van der Waals surface area (Å²) in [7, 11) is 0. The predicted octanol–water partition coefficient (Wildman–Crippen LogP) is 4.05. The number of hydrogen-bond acceptors (Lipinski definition) is 3. The van der Waals surface area contributed by atoms with E-state index in [0.29, 0.717) is 6.42 Å². The SMILES string of the molecule is CCC(OOC(=O)CC(C)(C)C)c1ccccc1. The average molecular weight is 250 g/mol. The minimum Gasteiger partial charge on any atom is -0.298 e. The largest absolute Gasteiger partial charge is 0.342 e. The highest BCUT2D eigenvalue weighted by Gasteiger charge is 2.19. The first-order valence-corrected chi connectivity index (χ1v) is 6.33. The summed E-state index contributed by atoms with van der Waals surface area (Å²) in [6.07, 6.45) is 0.903. The molecule has 3 nitrogen and oxygen atoms in total. The zero-order chi connectivity index (χ0) is 13.6. The zero-order valence-electron chi connectivity index (χ0n) is 11.6. The van der Waals surface area contributed by atoms with Gasteiger partial charge in [0.2, 0.25) is 0 Å². The molecule has 1 atom stereocenters. The lowest BCUT2D eigenvalue weighted by Crippen LogP contribution is -2.17. The third-order valence-corrected chi connectivity index (χ3v) is 2.47. The Morgan fingerprint density at radius 1 is 1.22 bits per heavy atom. The van der Waals surface area contributed by atoms with Crippen LogP contribution in [0.5, 0.6) is 0 Å². The maximum Gasteiger partial charge on any atom is 0.342 e. The van der Waals surface area contributed by atoms with Gasteiger partial charge in [0, 0.05) is 0 Å². The van der Waals surface area contributed by atoms with Crippen LogP contribution >= 0.6 is 0 Å². The summed E-state index contributed by atoms with van der Waals surface area (Å²) >= 11 is 0. The van der Waals surface area contributed by atoms with Crippen molar-refractivity contribution >= 4 is 5.97 Å². The van der Waals surface area contributed by atoms with E-state index in [4.69, 9.17) is 9.78 Å². The van der Waals surface area contributed by atoms with Crippen LogP contribution in [0.4, 0.5) is 0 Å². The van der Waals surface area contributed by atoms with Crippen LogP contribution in [0, 0.1) is 5.41 Å². The van der Waals surface area contributed by atoms with Gasteiger partial charge in [-0.15, -0.1) is 0 Å². The van der Waals surface area contributed by atoms with Crippen molar-refractivity contribution in [2.24, 2.45) is 5.41 Å². The van der Waals surface area contributed by atoms with Crippen LogP contribution in [0.2, 0.25) is 0 Å². The van der Waals surface area contributed by atoms with Gasteiger partial charge < -0.3 is 0 Å². The lowest BCUT2D eigenvalue weighted by Gasteiger charge is -2.18. The second-order valence-corrected chi connectivity index (χ2v) is 5.60. The topological polar surface area (TPSA) is 35.5 Å². The van der Waals surface area contributed by atoms with Crippen LogP contribution < -0.4 is 0 Å². The molecule has 0 aliphatic heterocycles. The highest BCUT2D eigenvalue weighted by Crippen LogP contribution is 2.23. The van der Waals surface area contributed by atoms with Crippen molar-refractivity contribution in [3.05, 3.63) is 35.9 Å². The van der Waals surface area contributed by atoms with E-state index in [1.165, 1.54) is 0 Å². The minimum absolute atomic E-state index is 0.0884. The average Bonchev–Trinajstić information content (AvgIpc) is 2.29. The molecule has 0 aliphatic carbocycles. The van der Waals surface area contributed by atoms with Gasteiger partial charge in [0.25, 0.3) is 0 Å². The Hall–Kier alpha value is -1.35. The molecule has 0 saturated carbocycles. The summed E-state index contributed by atoms with van der Waals surface area (Å²) < 4.78 is 0. The van der Waals surface area contributed by atoms with Gasteiger partial charge in [0.15, 0.2) is 0 Å². The van der Waals surface area contributed by atoms with Crippen molar-refractivity contribution in [1.29, 1.82) is 0 Å². The van der Waals surface area contributed by atoms with Crippen LogP contribution in [-0.4, -0.2) is 5.97 Å². The van der Waals surface area contributed by atoms with Crippen molar-refractivity contribution in [2.45, 2.75) is 46.6 Å². The van der Waals surface area contributed by atoms with Crippen LogP contribution in [0.3, 0.4) is 0 Å². The number of carbonyl (C=O) groups excluding carboxylic acids is 1. The van der Waals surface area contributed by atoms with Crippen LogP contribution in [-0.2, 0) is 14.6 Å². The van der Waals surface area contributed by atoms with Crippen LogP contribution in [0.25, 0.3) is 0 Å². The van der Waals surface area contributed by atoms with Gasteiger partial charge in [-0.3, -0.25) is 4.89 Å². The number of rotatable bonds is 5. The summed E-state index contributed by atoms with van der Waals surface area (Å²) in [6, 6.07) is 9.76. The summed E-state index contributed by atoms with van der Waals surface area (Å²) in [5.74, 6) is -0.322. The van der Waals surface area contributed by atoms with E-state index in [1.54, 1.807) is 0 Å². The molecule has 0 spiro atoms. The van der Waals surface area contributed by atoms with Gasteiger partial charge in [-0.2, -0.15) is 4.89 Å². The third-order valence-electron chi connectivity index (χ3n) is 2.47. The summed E-state index contributed by atoms with van der Waals surface area (Å²) in [6.45, 7) is 7.96. The van der Waals surface area contributed by atoms with E-state index in [0.717, 1.165) is 12.0 Å². The lowest BCUT2D eigenvalue weighted by molar-refractivity contribution is -0.302. The Labute approximate surface area is 109 Å². The van der Waals surface area contributed by atoms with E-state index in [-0.39, 0.29) is 17.5 Å². The molecule has 0 aromatic heterocycles. The normalized spacial score (nSPS) is 13.1. The molecule has 0 amide bonds. The van der Waals surface area contributed by atoms with Crippen molar-refractivity contribution in [3.8, 4) is 0 Å². The molecule has 0 fully saturated rings. The maximum absolute atomic E-state index is 11.6. The maximum atomic E-state index is 11.6. The fourth-order valence-corrected chi connectivity index (χ4v) is 1.60. The van der Waals surface area contributed by atoms with E-state index in [2.05, 4.69) is 0 Å². The molecule has 0 N–H and O–H groups in total. The predicted molar refractivity (Wildman–Crippen MR) is 70.7 cm³/mol. The van der Waals surface area contributed by atoms with Crippen molar-refractivity contribution in [3.63, 3.8) is 0 Å². The van der Waals surface area contributed by atoms with E-state index in [9.17, 15) is 4.79 Å². The molecule has 1 rings (SSSR count). The van der Waals surface area contributed by atoms with Crippen molar-refractivity contribution < 1.29 is 14.6 Å². The highest BCUT2D eigenvalue weighted by molar-refractivity contribution is 5.69. The van der Waals surface area contributed by atoms with Crippen molar-refractivity contribution in [2.75, 3.05) is 0 Å². The van der Waals surface area contributed by atoms with Gasteiger partial charge in [0.05, 0.1) is 6.42 Å². The molecule has 3 heteroatoms. The molecule has 18 heavy (non-hydrogen) atoms. The molecule has 1 aromatic carbocycles. The van der Waals surface area contributed by atoms with Gasteiger partial charge >= 0.3 is 5.97 Å². The number of hydrogen-bond donors (Lipinski definition) is 0. The van der Waals surface area contributed by atoms with Crippen molar-refractivity contribution in [1.82, 2.24) is 0 Å². The smallest absolute Gasteiger partial charge is 0.298 e. The molecule has 0 aliphatic rings. The summed E-state index contributed by atoms with van der Waals surface area (Å²) in [5.41, 5.74) is 0.929. The Morgan fingerprint density at radius 2 is 1.83 bits per heavy atom. The fraction of sp³-hybridized carbons (Fsp3) is 0.533. The summed E-state index contributed by atoms with van der Waals surface area (Å²) in [4.78, 5) is 21.7. The monoisotopic (exact) mass is 250 g/mol. The van der Waals surface area contributed by atoms with Gasteiger partial charge in [-0.05, 0) is 17.4 Å². The second-order valence-electron chi connectivity index (χ2n) is 5.60. The van der Waals surface area contributed by atoms with E-state index < -0.39 is 0 Å². The first-order valence-electron chi connectivity index (χ1n) is 6.33. The zero-order valence-corrected chi connectivity index (χ0v) is 11.6. The Bertz CT molecular complexity index is 365. The number of carbonyl (C=O) groups is 1. The molecule has 0 bridgehead atoms. The molecule has 0 heterocycles. The molecule has 0 saturated heterocycles. The summed E-state index contributed by atoms with van der Waals surface area (Å²) in [5, 5.41) is 0. The van der Waals surface area contributed by atoms with Crippen LogP contribution in [0.1, 0.15) is 52.2 Å². The second kappa shape index (κ2) is 6.55. The number of benzene rings is 1. The quantitative estimate of drug-likeness (QED) is 0.584. The highest BCUT2D eigenvalue weighted by atomic mass is 17.2. The molecule has 1 aromatic rings. The Morgan fingerprint density at radius 3 is 2.33 bits per heavy atom. The van der Waals surface area contributed by atoms with Gasteiger partial charge in [-0.1, -0.05) is 58.0 Å². The van der Waals surface area contributed by atoms with Crippen LogP contribution in [0.15, 0.2) is 30.3 Å². The standard InChI is InChI=1S/C15H22O3/c1-5-13(12-9-7-6-8-10-12)17-18-14(16)11-15(2,3)4/h6-10,13H,5,11H2,1-4H3. The molecule has 1 unspecified atom stereocenters. The first-order chi connectivity index (χ1) is 8.42. The van der Waals surface area contributed by atoms with Gasteiger partial charge in [-0.25, -0.2) is 4.79 Å². The molecule has 0 radical (unpaired) electrons. The molecule has 100 valence electrons. The Balaban J connectivity index is 2.48. The van der Waals surface area contributed by atoms with E-state index in [1.807, 2.05) is 58.0 Å². The molecular weight excluding hydrogens is 228 g/mol. The van der Waals surface area contributed by atoms with Gasteiger partial charge in [0.1, 0.15) is 6.10 Å². The molecular formula is C15H22O3. The third kappa shape index (κ3) is 5.32. The lowest BCUT2D eigenvalue weighted by atomic mass is 9.93. The van der Waals surface area contributed by atoms with E-state index >= 15 is 0 Å². The Kier molecular flexibility index (Phi) is 5.35. The fourth-order valence-electron chi connectivity index (χ4n) is 1.60. The minimum atomic E-state index is -0.322.